The maximum atomic E-state index is 11.8. The third-order valence-electron chi connectivity index (χ3n) is 3.97. The fraction of sp³-hybridized carbons (Fsp3) is 0.917. The normalized spacial score (nSPS) is 29.7. The van der Waals surface area contributed by atoms with Crippen molar-refractivity contribution >= 4 is 5.78 Å². The molecule has 1 heterocycles. The summed E-state index contributed by atoms with van der Waals surface area (Å²) in [7, 11) is 0. The van der Waals surface area contributed by atoms with Gasteiger partial charge in [0.05, 0.1) is 6.54 Å². The predicted molar refractivity (Wildman–Crippen MR) is 57.2 cm³/mol. The lowest BCUT2D eigenvalue weighted by Gasteiger charge is -2.38. The monoisotopic (exact) mass is 195 g/mol. The summed E-state index contributed by atoms with van der Waals surface area (Å²) < 4.78 is 0. The zero-order valence-electron chi connectivity index (χ0n) is 9.38. The molecule has 0 radical (unpaired) electrons. The molecule has 14 heavy (non-hydrogen) atoms. The molecule has 0 N–H and O–H groups in total. The van der Waals surface area contributed by atoms with Gasteiger partial charge in [-0.05, 0) is 25.8 Å². The lowest BCUT2D eigenvalue weighted by molar-refractivity contribution is -0.132. The highest BCUT2D eigenvalue weighted by atomic mass is 16.1. The highest BCUT2D eigenvalue weighted by Crippen LogP contribution is 2.31. The van der Waals surface area contributed by atoms with Crippen molar-refractivity contribution in [3.63, 3.8) is 0 Å². The van der Waals surface area contributed by atoms with Gasteiger partial charge in [-0.3, -0.25) is 9.69 Å². The third-order valence-corrected chi connectivity index (χ3v) is 3.97. The first-order chi connectivity index (χ1) is 6.59. The zero-order valence-corrected chi connectivity index (χ0v) is 9.38. The van der Waals surface area contributed by atoms with Crippen LogP contribution in [0.2, 0.25) is 0 Å². The first-order valence-corrected chi connectivity index (χ1v) is 5.87. The van der Waals surface area contributed by atoms with Gasteiger partial charge in [0.2, 0.25) is 0 Å². The Kier molecular flexibility index (Phi) is 2.65. The number of carbonyl (C=O) groups is 1. The van der Waals surface area contributed by atoms with Gasteiger partial charge in [-0.15, -0.1) is 0 Å². The molecule has 0 aromatic carbocycles. The second kappa shape index (κ2) is 3.65. The maximum Gasteiger partial charge on any atom is 0.152 e. The minimum Gasteiger partial charge on any atom is -0.298 e. The average molecular weight is 195 g/mol. The van der Waals surface area contributed by atoms with Gasteiger partial charge in [0.1, 0.15) is 0 Å². The lowest BCUT2D eigenvalue weighted by atomic mass is 9.81. The second-order valence-electron chi connectivity index (χ2n) is 5.47. The van der Waals surface area contributed by atoms with Gasteiger partial charge < -0.3 is 0 Å². The van der Waals surface area contributed by atoms with Crippen LogP contribution in [0.3, 0.4) is 0 Å². The number of carbonyl (C=O) groups excluding carboxylic acids is 1. The molecule has 2 nitrogen and oxygen atoms in total. The molecule has 0 unspecified atom stereocenters. The zero-order chi connectivity index (χ0) is 10.2. The molecular formula is C12H21NO. The summed E-state index contributed by atoms with van der Waals surface area (Å²) in [5.74, 6) is 0.440. The summed E-state index contributed by atoms with van der Waals surface area (Å²) in [6.07, 6.45) is 6.39. The van der Waals surface area contributed by atoms with Crippen molar-refractivity contribution in [2.45, 2.75) is 52.0 Å². The number of piperidine rings is 1. The summed E-state index contributed by atoms with van der Waals surface area (Å²) in [6.45, 7) is 6.00. The largest absolute Gasteiger partial charge is 0.298 e. The van der Waals surface area contributed by atoms with Gasteiger partial charge >= 0.3 is 0 Å². The molecule has 1 aliphatic heterocycles. The van der Waals surface area contributed by atoms with E-state index in [2.05, 4.69) is 18.7 Å². The SMILES string of the molecule is CC1(C)CCN(C2CCCC2)CC1=O. The average Bonchev–Trinajstić information content (AvgIpc) is 2.62. The molecule has 2 heteroatoms. The molecule has 0 aromatic rings. The van der Waals surface area contributed by atoms with Crippen molar-refractivity contribution in [1.29, 1.82) is 0 Å². The van der Waals surface area contributed by atoms with E-state index < -0.39 is 0 Å². The van der Waals surface area contributed by atoms with Crippen LogP contribution in [0.5, 0.6) is 0 Å². The van der Waals surface area contributed by atoms with Crippen LogP contribution in [-0.4, -0.2) is 29.8 Å². The van der Waals surface area contributed by atoms with Crippen LogP contribution in [0.1, 0.15) is 46.0 Å². The Morgan fingerprint density at radius 1 is 1.29 bits per heavy atom. The van der Waals surface area contributed by atoms with Crippen LogP contribution in [0.15, 0.2) is 0 Å². The number of Topliss-reactive ketones (excluding diaryl/α,β-unsaturated/α-hetero) is 1. The molecule has 0 atom stereocenters. The Bertz CT molecular complexity index is 228. The minimum absolute atomic E-state index is 0.0604. The summed E-state index contributed by atoms with van der Waals surface area (Å²) in [4.78, 5) is 14.3. The number of ketones is 1. The van der Waals surface area contributed by atoms with E-state index in [1.54, 1.807) is 0 Å². The van der Waals surface area contributed by atoms with E-state index in [1.165, 1.54) is 25.7 Å². The maximum absolute atomic E-state index is 11.8. The topological polar surface area (TPSA) is 20.3 Å². The van der Waals surface area contributed by atoms with Gasteiger partial charge in [-0.25, -0.2) is 0 Å². The first kappa shape index (κ1) is 10.2. The number of nitrogens with zero attached hydrogens (tertiary/aromatic N) is 1. The van der Waals surface area contributed by atoms with Crippen molar-refractivity contribution < 1.29 is 4.79 Å². The molecule has 0 bridgehead atoms. The fourth-order valence-corrected chi connectivity index (χ4v) is 2.62. The molecule has 0 aromatic heterocycles. The number of rotatable bonds is 1. The Morgan fingerprint density at radius 2 is 1.93 bits per heavy atom. The Morgan fingerprint density at radius 3 is 2.50 bits per heavy atom. The summed E-state index contributed by atoms with van der Waals surface area (Å²) >= 11 is 0. The molecule has 1 saturated heterocycles. The van der Waals surface area contributed by atoms with Crippen molar-refractivity contribution in [1.82, 2.24) is 4.90 Å². The quantitative estimate of drug-likeness (QED) is 0.639. The number of likely N-dealkylation sites (tertiary alicyclic amines) is 1. The molecular weight excluding hydrogens is 174 g/mol. The van der Waals surface area contributed by atoms with E-state index in [1.807, 2.05) is 0 Å². The van der Waals surface area contributed by atoms with Crippen molar-refractivity contribution in [2.75, 3.05) is 13.1 Å². The highest BCUT2D eigenvalue weighted by molar-refractivity contribution is 5.86. The molecule has 0 amide bonds. The summed E-state index contributed by atoms with van der Waals surface area (Å²) in [5, 5.41) is 0. The minimum atomic E-state index is -0.0604. The molecule has 2 aliphatic rings. The van der Waals surface area contributed by atoms with Crippen molar-refractivity contribution in [2.24, 2.45) is 5.41 Å². The van der Waals surface area contributed by atoms with Gasteiger partial charge in [0.15, 0.2) is 5.78 Å². The Hall–Kier alpha value is -0.370. The molecule has 80 valence electrons. The van der Waals surface area contributed by atoms with E-state index in [4.69, 9.17) is 0 Å². The van der Waals surface area contributed by atoms with E-state index in [-0.39, 0.29) is 5.41 Å². The summed E-state index contributed by atoms with van der Waals surface area (Å²) in [5.41, 5.74) is -0.0604. The van der Waals surface area contributed by atoms with Gasteiger partial charge in [-0.1, -0.05) is 26.7 Å². The van der Waals surface area contributed by atoms with E-state index >= 15 is 0 Å². The van der Waals surface area contributed by atoms with Crippen LogP contribution in [-0.2, 0) is 4.79 Å². The van der Waals surface area contributed by atoms with Gasteiger partial charge in [0.25, 0.3) is 0 Å². The standard InChI is InChI=1S/C12H21NO/c1-12(2)7-8-13(9-11(12)14)10-5-3-4-6-10/h10H,3-9H2,1-2H3. The molecule has 1 aliphatic carbocycles. The lowest BCUT2D eigenvalue weighted by Crippen LogP contribution is -2.48. The highest BCUT2D eigenvalue weighted by Gasteiger charge is 2.36. The molecule has 0 spiro atoms. The van der Waals surface area contributed by atoms with Crippen LogP contribution < -0.4 is 0 Å². The molecule has 2 fully saturated rings. The fourth-order valence-electron chi connectivity index (χ4n) is 2.62. The van der Waals surface area contributed by atoms with Crippen LogP contribution in [0, 0.1) is 5.41 Å². The van der Waals surface area contributed by atoms with Crippen LogP contribution in [0.25, 0.3) is 0 Å². The molecule has 1 saturated carbocycles. The first-order valence-electron chi connectivity index (χ1n) is 5.87. The predicted octanol–water partition coefficient (Wildman–Crippen LogP) is 2.23. The van der Waals surface area contributed by atoms with E-state index in [0.717, 1.165) is 19.0 Å². The second-order valence-corrected chi connectivity index (χ2v) is 5.47. The van der Waals surface area contributed by atoms with Crippen LogP contribution >= 0.6 is 0 Å². The van der Waals surface area contributed by atoms with E-state index in [0.29, 0.717) is 12.3 Å². The third kappa shape index (κ3) is 1.85. The van der Waals surface area contributed by atoms with Crippen molar-refractivity contribution in [3.8, 4) is 0 Å². The summed E-state index contributed by atoms with van der Waals surface area (Å²) in [6, 6.07) is 0.718. The number of hydrogen-bond acceptors (Lipinski definition) is 2. The van der Waals surface area contributed by atoms with Gasteiger partial charge in [0, 0.05) is 11.5 Å². The Labute approximate surface area is 86.7 Å². The Balaban J connectivity index is 1.95. The smallest absolute Gasteiger partial charge is 0.152 e. The number of hydrogen-bond donors (Lipinski definition) is 0. The van der Waals surface area contributed by atoms with Gasteiger partial charge in [-0.2, -0.15) is 0 Å². The molecule has 2 rings (SSSR count). The van der Waals surface area contributed by atoms with Crippen LogP contribution in [0.4, 0.5) is 0 Å². The van der Waals surface area contributed by atoms with E-state index in [9.17, 15) is 4.79 Å². The van der Waals surface area contributed by atoms with Crippen molar-refractivity contribution in [3.05, 3.63) is 0 Å².